The molecule has 0 aliphatic carbocycles. The van der Waals surface area contributed by atoms with Crippen LogP contribution in [0.15, 0.2) is 200 Å². The van der Waals surface area contributed by atoms with Crippen LogP contribution in [0.1, 0.15) is 78.0 Å². The molecule has 0 saturated carbocycles. The lowest BCUT2D eigenvalue weighted by molar-refractivity contribution is -0.571. The summed E-state index contributed by atoms with van der Waals surface area (Å²) >= 11 is 0. The maximum absolute atomic E-state index is 6.84. The minimum Gasteiger partial charge on any atom is -0.458 e. The lowest BCUT2D eigenvalue weighted by Gasteiger charge is -2.27. The van der Waals surface area contributed by atoms with Gasteiger partial charge < -0.3 is 4.74 Å². The van der Waals surface area contributed by atoms with Crippen LogP contribution in [0.25, 0.3) is 83.4 Å². The number of ether oxygens (including phenoxy) is 1. The third-order valence-electron chi connectivity index (χ3n) is 13.7. The number of nitrogens with zero attached hydrogens (tertiary/aromatic N) is 4. The van der Waals surface area contributed by atoms with Gasteiger partial charge in [0.1, 0.15) is 17.3 Å². The highest BCUT2D eigenvalue weighted by molar-refractivity contribution is 6.09. The molecule has 70 heavy (non-hydrogen) atoms. The van der Waals surface area contributed by atoms with Crippen LogP contribution >= 0.6 is 0 Å². The van der Waals surface area contributed by atoms with Crippen molar-refractivity contribution in [3.05, 3.63) is 223 Å². The van der Waals surface area contributed by atoms with Crippen molar-refractivity contribution in [2.45, 2.75) is 72.1 Å². The van der Waals surface area contributed by atoms with E-state index in [-0.39, 0.29) is 10.8 Å². The highest BCUT2D eigenvalue weighted by Crippen LogP contribution is 2.40. The molecule has 8 aromatic carbocycles. The minimum atomic E-state index is -0.0546. The third-order valence-corrected chi connectivity index (χ3v) is 13.7. The molecule has 5 nitrogen and oxygen atoms in total. The zero-order valence-corrected chi connectivity index (χ0v) is 41.3. The van der Waals surface area contributed by atoms with Gasteiger partial charge >= 0.3 is 0 Å². The van der Waals surface area contributed by atoms with Crippen LogP contribution in [-0.4, -0.2) is 14.1 Å². The van der Waals surface area contributed by atoms with E-state index in [9.17, 15) is 0 Å². The Morgan fingerprint density at radius 3 is 1.86 bits per heavy atom. The summed E-state index contributed by atoms with van der Waals surface area (Å²) in [6.07, 6.45) is 5.86. The Bertz CT molecular complexity index is 3700. The number of hydrogen-bond donors (Lipinski definition) is 0. The van der Waals surface area contributed by atoms with Gasteiger partial charge in [-0.3, -0.25) is 13.7 Å². The third kappa shape index (κ3) is 8.26. The van der Waals surface area contributed by atoms with Crippen LogP contribution < -0.4 is 9.30 Å². The first kappa shape index (κ1) is 44.5. The molecule has 0 atom stereocenters. The first-order valence-corrected chi connectivity index (χ1v) is 24.5. The summed E-state index contributed by atoms with van der Waals surface area (Å²) in [5.41, 5.74) is 16.8. The summed E-state index contributed by atoms with van der Waals surface area (Å²) in [5, 5.41) is 2.33. The standard InChI is InChI=1S/C65H58N4O/c1-43(2)46-33-34-66-62(38-46)69-58-28-16-15-25-56(58)57-31-30-53(41-60(57)69)70-52-24-17-23-51(40-52)67-42-68(61-37-47(29-32-59(61)67)44-19-11-9-12-20-44)63-54(45-21-13-10-14-22-45)26-18-27-55(63)48-35-49(64(3,4)5)39-50(36-48)65(6,7)8/h9-41,43H,1-8H3. The molecule has 11 rings (SSSR count). The lowest BCUT2D eigenvalue weighted by atomic mass is 9.78. The molecular weight excluding hydrogens is 853 g/mol. The van der Waals surface area contributed by atoms with Gasteiger partial charge in [-0.05, 0) is 121 Å². The van der Waals surface area contributed by atoms with Crippen molar-refractivity contribution in [3.8, 4) is 62.1 Å². The first-order chi connectivity index (χ1) is 33.8. The molecule has 0 fully saturated rings. The maximum atomic E-state index is 6.84. The Hall–Kier alpha value is -8.02. The van der Waals surface area contributed by atoms with Gasteiger partial charge in [0.2, 0.25) is 0 Å². The summed E-state index contributed by atoms with van der Waals surface area (Å²) in [6, 6.07) is 69.7. The SMILES string of the molecule is CC(C)c1ccnc(-n2c3ccccc3c3ccc(Oc4cccc(-n5[c-][n+](-c6c(-c7ccccc7)cccc6-c6cc(C(C)(C)C)cc(C(C)(C)C)c6)c6cc(-c7ccccc7)ccc65)c4)cc32)c1. The van der Waals surface area contributed by atoms with Gasteiger partial charge in [-0.1, -0.05) is 189 Å². The van der Waals surface area contributed by atoms with Gasteiger partial charge in [0.25, 0.3) is 6.33 Å². The molecule has 0 spiro atoms. The second-order valence-electron chi connectivity index (χ2n) is 20.9. The van der Waals surface area contributed by atoms with Gasteiger partial charge in [0.05, 0.1) is 33.4 Å². The summed E-state index contributed by atoms with van der Waals surface area (Å²) in [4.78, 5) is 4.88. The molecule has 0 aliphatic rings. The fraction of sp³-hybridized carbons (Fsp3) is 0.169. The monoisotopic (exact) mass is 910 g/mol. The van der Waals surface area contributed by atoms with Crippen molar-refractivity contribution >= 4 is 32.8 Å². The molecule has 3 heterocycles. The topological polar surface area (TPSA) is 35.9 Å². The molecule has 5 heteroatoms. The van der Waals surface area contributed by atoms with Gasteiger partial charge in [-0.15, -0.1) is 0 Å². The predicted molar refractivity (Wildman–Crippen MR) is 290 cm³/mol. The molecule has 0 aliphatic heterocycles. The second kappa shape index (κ2) is 17.5. The van der Waals surface area contributed by atoms with E-state index in [0.717, 1.165) is 84.0 Å². The lowest BCUT2D eigenvalue weighted by Crippen LogP contribution is -2.31. The van der Waals surface area contributed by atoms with Gasteiger partial charge in [0.15, 0.2) is 0 Å². The number of hydrogen-bond acceptors (Lipinski definition) is 2. The van der Waals surface area contributed by atoms with Gasteiger partial charge in [0, 0.05) is 23.0 Å². The minimum absolute atomic E-state index is 0.0546. The first-order valence-electron chi connectivity index (χ1n) is 24.5. The Kier molecular flexibility index (Phi) is 11.1. The highest BCUT2D eigenvalue weighted by Gasteiger charge is 2.25. The normalized spacial score (nSPS) is 12.1. The molecular formula is C65H58N4O. The van der Waals surface area contributed by atoms with Crippen molar-refractivity contribution in [2.75, 3.05) is 0 Å². The number of imidazole rings is 1. The van der Waals surface area contributed by atoms with Gasteiger partial charge in [-0.25, -0.2) is 4.98 Å². The summed E-state index contributed by atoms with van der Waals surface area (Å²) in [6.45, 7) is 18.3. The fourth-order valence-electron chi connectivity index (χ4n) is 9.79. The smallest absolute Gasteiger partial charge is 0.269 e. The fourth-order valence-corrected chi connectivity index (χ4v) is 9.79. The van der Waals surface area contributed by atoms with Crippen molar-refractivity contribution in [3.63, 3.8) is 0 Å². The van der Waals surface area contributed by atoms with E-state index < -0.39 is 0 Å². The van der Waals surface area contributed by atoms with E-state index in [0.29, 0.717) is 5.92 Å². The number of pyridine rings is 1. The summed E-state index contributed by atoms with van der Waals surface area (Å²) in [7, 11) is 0. The van der Waals surface area contributed by atoms with Crippen LogP contribution in [-0.2, 0) is 10.8 Å². The van der Waals surface area contributed by atoms with Crippen LogP contribution in [0.4, 0.5) is 0 Å². The van der Waals surface area contributed by atoms with E-state index in [1.807, 2.05) is 12.3 Å². The average Bonchev–Trinajstić information content (AvgIpc) is 3.91. The van der Waals surface area contributed by atoms with E-state index in [1.165, 1.54) is 27.6 Å². The molecule has 3 aromatic heterocycles. The van der Waals surface area contributed by atoms with Crippen molar-refractivity contribution in [1.82, 2.24) is 14.1 Å². The number of benzene rings is 8. The van der Waals surface area contributed by atoms with E-state index in [1.54, 1.807) is 0 Å². The van der Waals surface area contributed by atoms with Crippen LogP contribution in [0.3, 0.4) is 0 Å². The molecule has 0 unspecified atom stereocenters. The van der Waals surface area contributed by atoms with Crippen molar-refractivity contribution in [2.24, 2.45) is 0 Å². The number of para-hydroxylation sites is 2. The van der Waals surface area contributed by atoms with E-state index >= 15 is 0 Å². The Balaban J connectivity index is 1.09. The summed E-state index contributed by atoms with van der Waals surface area (Å²) < 4.78 is 13.6. The second-order valence-corrected chi connectivity index (χ2v) is 20.9. The zero-order chi connectivity index (χ0) is 48.3. The molecule has 0 N–H and O–H groups in total. The quantitative estimate of drug-likeness (QED) is 0.107. The zero-order valence-electron chi connectivity index (χ0n) is 41.3. The predicted octanol–water partition coefficient (Wildman–Crippen LogP) is 16.7. The van der Waals surface area contributed by atoms with Crippen LogP contribution in [0, 0.1) is 6.33 Å². The molecule has 0 radical (unpaired) electrons. The van der Waals surface area contributed by atoms with Crippen molar-refractivity contribution < 1.29 is 9.30 Å². The average molecular weight is 911 g/mol. The van der Waals surface area contributed by atoms with E-state index in [2.05, 4.69) is 263 Å². The maximum Gasteiger partial charge on any atom is 0.269 e. The van der Waals surface area contributed by atoms with Crippen LogP contribution in [0.2, 0.25) is 0 Å². The number of aromatic nitrogens is 4. The molecule has 344 valence electrons. The Morgan fingerprint density at radius 1 is 0.500 bits per heavy atom. The number of rotatable bonds is 9. The van der Waals surface area contributed by atoms with Crippen molar-refractivity contribution in [1.29, 1.82) is 0 Å². The van der Waals surface area contributed by atoms with Crippen LogP contribution in [0.5, 0.6) is 11.5 Å². The largest absolute Gasteiger partial charge is 0.458 e. The molecule has 0 saturated heterocycles. The number of fused-ring (bicyclic) bond motifs is 4. The molecule has 11 aromatic rings. The molecule has 0 bridgehead atoms. The van der Waals surface area contributed by atoms with Gasteiger partial charge in [-0.2, -0.15) is 0 Å². The van der Waals surface area contributed by atoms with E-state index in [4.69, 9.17) is 9.72 Å². The Labute approximate surface area is 411 Å². The highest BCUT2D eigenvalue weighted by atomic mass is 16.5. The summed E-state index contributed by atoms with van der Waals surface area (Å²) in [5.74, 6) is 2.74. The Morgan fingerprint density at radius 2 is 1.14 bits per heavy atom. The molecule has 0 amide bonds.